The Bertz CT molecular complexity index is 1130. The van der Waals surface area contributed by atoms with Crippen LogP contribution in [0, 0.1) is 5.92 Å². The number of alkyl carbamates (subject to hydrolysis) is 1. The molecule has 1 aliphatic rings. The van der Waals surface area contributed by atoms with Gasteiger partial charge in [-0.05, 0) is 55.0 Å². The molecule has 3 N–H and O–H groups in total. The summed E-state index contributed by atoms with van der Waals surface area (Å²) in [4.78, 5) is 29.8. The molecule has 0 aliphatic carbocycles. The fourth-order valence-electron chi connectivity index (χ4n) is 3.93. The van der Waals surface area contributed by atoms with E-state index in [0.717, 1.165) is 49.3 Å². The molecule has 3 aromatic rings. The second-order valence-electron chi connectivity index (χ2n) is 8.18. The van der Waals surface area contributed by atoms with Crippen molar-refractivity contribution in [2.75, 3.05) is 24.5 Å². The Morgan fingerprint density at radius 2 is 2.00 bits per heavy atom. The quantitative estimate of drug-likeness (QED) is 0.495. The minimum absolute atomic E-state index is 0.00222. The molecule has 1 saturated heterocycles. The summed E-state index contributed by atoms with van der Waals surface area (Å²) >= 11 is 6.09. The number of primary amides is 1. The lowest BCUT2D eigenvalue weighted by Crippen LogP contribution is -2.35. The molecule has 9 nitrogen and oxygen atoms in total. The number of ether oxygens (including phenoxy) is 1. The van der Waals surface area contributed by atoms with E-state index in [0.29, 0.717) is 17.5 Å². The Labute approximate surface area is 202 Å². The largest absolute Gasteiger partial charge is 0.441 e. The lowest BCUT2D eigenvalue weighted by Gasteiger charge is -2.33. The predicted octanol–water partition coefficient (Wildman–Crippen LogP) is 4.02. The number of piperidine rings is 1. The number of pyridine rings is 1. The van der Waals surface area contributed by atoms with Gasteiger partial charge < -0.3 is 25.2 Å². The average molecular weight is 484 g/mol. The van der Waals surface area contributed by atoms with E-state index >= 15 is 0 Å². The monoisotopic (exact) mass is 483 g/mol. The number of carbonyl (C=O) groups is 2. The van der Waals surface area contributed by atoms with Crippen molar-refractivity contribution in [1.29, 1.82) is 0 Å². The number of anilines is 1. The highest BCUT2D eigenvalue weighted by Gasteiger charge is 2.20. The summed E-state index contributed by atoms with van der Waals surface area (Å²) in [6.45, 7) is 2.26. The molecule has 0 saturated carbocycles. The SMILES string of the molecule is NC(=O)c1cc(COC(=O)NCCC2CCN(c3ccc(-c4cccc(Cl)c4)cn3)CC2)on1. The van der Waals surface area contributed by atoms with Crippen molar-refractivity contribution in [1.82, 2.24) is 15.5 Å². The number of carbonyl (C=O) groups excluding carboxylic acids is 2. The zero-order valence-corrected chi connectivity index (χ0v) is 19.3. The number of rotatable bonds is 8. The van der Waals surface area contributed by atoms with E-state index in [-0.39, 0.29) is 18.1 Å². The molecule has 0 bridgehead atoms. The normalized spacial score (nSPS) is 14.1. The van der Waals surface area contributed by atoms with Crippen molar-refractivity contribution >= 4 is 29.4 Å². The van der Waals surface area contributed by atoms with Crippen LogP contribution in [0.1, 0.15) is 35.5 Å². The molecule has 10 heteroatoms. The Hall–Kier alpha value is -3.59. The highest BCUT2D eigenvalue weighted by molar-refractivity contribution is 6.30. The van der Waals surface area contributed by atoms with Gasteiger partial charge in [-0.3, -0.25) is 4.79 Å². The fourth-order valence-corrected chi connectivity index (χ4v) is 4.12. The first-order chi connectivity index (χ1) is 16.5. The van der Waals surface area contributed by atoms with E-state index in [1.165, 1.54) is 6.07 Å². The topological polar surface area (TPSA) is 124 Å². The summed E-state index contributed by atoms with van der Waals surface area (Å²) in [7, 11) is 0. The fraction of sp³-hybridized carbons (Fsp3) is 0.333. The minimum atomic E-state index is -0.698. The lowest BCUT2D eigenvalue weighted by molar-refractivity contribution is 0.0989. The van der Waals surface area contributed by atoms with Crippen molar-refractivity contribution in [3.63, 3.8) is 0 Å². The molecule has 1 fully saturated rings. The van der Waals surface area contributed by atoms with E-state index in [4.69, 9.17) is 26.6 Å². The summed E-state index contributed by atoms with van der Waals surface area (Å²) in [5, 5.41) is 6.95. The summed E-state index contributed by atoms with van der Waals surface area (Å²) in [5.74, 6) is 1.05. The van der Waals surface area contributed by atoms with Crippen molar-refractivity contribution in [3.05, 3.63) is 65.1 Å². The number of aromatic nitrogens is 2. The molecule has 0 atom stereocenters. The van der Waals surface area contributed by atoms with Gasteiger partial charge in [0, 0.05) is 42.5 Å². The molecule has 2 amide bonds. The number of nitrogens with one attached hydrogen (secondary N) is 1. The third-order valence-electron chi connectivity index (χ3n) is 5.82. The third kappa shape index (κ3) is 6.26. The molecule has 34 heavy (non-hydrogen) atoms. The lowest BCUT2D eigenvalue weighted by atomic mass is 9.93. The number of hydrogen-bond acceptors (Lipinski definition) is 7. The van der Waals surface area contributed by atoms with Crippen LogP contribution in [0.3, 0.4) is 0 Å². The zero-order valence-electron chi connectivity index (χ0n) is 18.6. The maximum atomic E-state index is 11.9. The summed E-state index contributed by atoms with van der Waals surface area (Å²) < 4.78 is 9.96. The second kappa shape index (κ2) is 11.0. The molecule has 3 heterocycles. The average Bonchev–Trinajstić information content (AvgIpc) is 3.33. The van der Waals surface area contributed by atoms with Crippen molar-refractivity contribution in [3.8, 4) is 11.1 Å². The molecule has 4 rings (SSSR count). The molecule has 178 valence electrons. The molecule has 0 radical (unpaired) electrons. The van der Waals surface area contributed by atoms with Crippen LogP contribution in [0.2, 0.25) is 5.02 Å². The highest BCUT2D eigenvalue weighted by atomic mass is 35.5. The maximum absolute atomic E-state index is 11.9. The van der Waals surface area contributed by atoms with Gasteiger partial charge in [-0.1, -0.05) is 28.9 Å². The van der Waals surface area contributed by atoms with Crippen LogP contribution in [0.25, 0.3) is 11.1 Å². The van der Waals surface area contributed by atoms with Crippen LogP contribution < -0.4 is 16.0 Å². The second-order valence-corrected chi connectivity index (χ2v) is 8.62. The van der Waals surface area contributed by atoms with Gasteiger partial charge in [-0.2, -0.15) is 0 Å². The van der Waals surface area contributed by atoms with Crippen molar-refractivity contribution in [2.24, 2.45) is 11.7 Å². The van der Waals surface area contributed by atoms with E-state index in [1.54, 1.807) is 0 Å². The van der Waals surface area contributed by atoms with Crippen LogP contribution in [0.4, 0.5) is 10.6 Å². The number of hydrogen-bond donors (Lipinski definition) is 2. The Kier molecular flexibility index (Phi) is 7.64. The number of halogens is 1. The number of amides is 2. The van der Waals surface area contributed by atoms with Gasteiger partial charge in [0.25, 0.3) is 5.91 Å². The summed E-state index contributed by atoms with van der Waals surface area (Å²) in [5.41, 5.74) is 7.19. The first kappa shape index (κ1) is 23.6. The van der Waals surface area contributed by atoms with Crippen LogP contribution in [0.5, 0.6) is 0 Å². The Morgan fingerprint density at radius 3 is 2.68 bits per heavy atom. The van der Waals surface area contributed by atoms with Gasteiger partial charge in [0.2, 0.25) is 0 Å². The van der Waals surface area contributed by atoms with Gasteiger partial charge >= 0.3 is 6.09 Å². The van der Waals surface area contributed by atoms with Gasteiger partial charge in [-0.15, -0.1) is 0 Å². The van der Waals surface area contributed by atoms with E-state index in [2.05, 4.69) is 32.5 Å². The smallest absolute Gasteiger partial charge is 0.407 e. The first-order valence-electron chi connectivity index (χ1n) is 11.1. The zero-order chi connectivity index (χ0) is 23.9. The van der Waals surface area contributed by atoms with E-state index in [9.17, 15) is 9.59 Å². The number of benzene rings is 1. The van der Waals surface area contributed by atoms with Crippen LogP contribution in [-0.2, 0) is 11.3 Å². The van der Waals surface area contributed by atoms with Gasteiger partial charge in [-0.25, -0.2) is 9.78 Å². The van der Waals surface area contributed by atoms with Crippen molar-refractivity contribution < 1.29 is 18.8 Å². The maximum Gasteiger partial charge on any atom is 0.407 e. The van der Waals surface area contributed by atoms with Gasteiger partial charge in [0.1, 0.15) is 5.82 Å². The highest BCUT2D eigenvalue weighted by Crippen LogP contribution is 2.27. The molecular formula is C24H26ClN5O4. The first-order valence-corrected chi connectivity index (χ1v) is 11.5. The number of nitrogens with two attached hydrogens (primary N) is 1. The standard InChI is InChI=1S/C24H26ClN5O4/c25-19-3-1-2-17(12-19)18-4-5-22(28-14-18)30-10-7-16(8-11-30)6-9-27-24(32)33-15-20-13-21(23(26)31)29-34-20/h1-5,12-14,16H,6-11,15H2,(H2,26,31)(H,27,32). The molecular weight excluding hydrogens is 458 g/mol. The molecule has 0 spiro atoms. The van der Waals surface area contributed by atoms with Gasteiger partial charge in [0.15, 0.2) is 18.1 Å². The van der Waals surface area contributed by atoms with Crippen LogP contribution in [-0.4, -0.2) is 41.8 Å². The Balaban J connectivity index is 1.15. The molecule has 0 unspecified atom stereocenters. The van der Waals surface area contributed by atoms with E-state index in [1.807, 2.05) is 30.5 Å². The van der Waals surface area contributed by atoms with Crippen molar-refractivity contribution in [2.45, 2.75) is 25.9 Å². The van der Waals surface area contributed by atoms with Crippen LogP contribution >= 0.6 is 11.6 Å². The minimum Gasteiger partial charge on any atom is -0.441 e. The molecule has 1 aromatic carbocycles. The van der Waals surface area contributed by atoms with Gasteiger partial charge in [0.05, 0.1) is 0 Å². The summed E-state index contributed by atoms with van der Waals surface area (Å²) in [6.07, 6.45) is 4.28. The van der Waals surface area contributed by atoms with Crippen LogP contribution in [0.15, 0.2) is 53.2 Å². The number of nitrogens with zero attached hydrogens (tertiary/aromatic N) is 3. The summed E-state index contributed by atoms with van der Waals surface area (Å²) in [6, 6.07) is 13.2. The third-order valence-corrected chi connectivity index (χ3v) is 6.06. The molecule has 1 aliphatic heterocycles. The van der Waals surface area contributed by atoms with E-state index < -0.39 is 12.0 Å². The predicted molar refractivity (Wildman–Crippen MR) is 127 cm³/mol. The molecule has 2 aromatic heterocycles. The Morgan fingerprint density at radius 1 is 1.18 bits per heavy atom.